The van der Waals surface area contributed by atoms with Gasteiger partial charge in [-0.3, -0.25) is 9.48 Å². The van der Waals surface area contributed by atoms with Crippen molar-refractivity contribution >= 4 is 33.3 Å². The molecule has 2 aromatic rings. The van der Waals surface area contributed by atoms with Gasteiger partial charge in [0.05, 0.1) is 12.1 Å². The molecule has 0 unspecified atom stereocenters. The molecule has 5 heteroatoms. The maximum atomic E-state index is 12.4. The standard InChI is InChI=1S/C15H16BrClN2O/c1-3-11-8-12(19(4-2)18-11)9-15(20)13-7-10(17)5-6-14(13)16/h5-8H,3-4,9H2,1-2H3. The predicted molar refractivity (Wildman–Crippen MR) is 84.5 cm³/mol. The zero-order valence-electron chi connectivity index (χ0n) is 11.5. The third kappa shape index (κ3) is 3.30. The minimum atomic E-state index is 0.0385. The predicted octanol–water partition coefficient (Wildman–Crippen LogP) is 4.31. The first-order valence-electron chi connectivity index (χ1n) is 6.59. The van der Waals surface area contributed by atoms with Crippen molar-refractivity contribution in [1.29, 1.82) is 0 Å². The van der Waals surface area contributed by atoms with E-state index in [1.165, 1.54) is 0 Å². The molecule has 0 saturated carbocycles. The molecule has 0 N–H and O–H groups in total. The fraction of sp³-hybridized carbons (Fsp3) is 0.333. The minimum absolute atomic E-state index is 0.0385. The highest BCUT2D eigenvalue weighted by atomic mass is 79.9. The van der Waals surface area contributed by atoms with Gasteiger partial charge >= 0.3 is 0 Å². The summed E-state index contributed by atoms with van der Waals surface area (Å²) in [5.74, 6) is 0.0385. The molecule has 0 aliphatic rings. The van der Waals surface area contributed by atoms with Gasteiger partial charge in [0.15, 0.2) is 5.78 Å². The number of Topliss-reactive ketones (excluding diaryl/α,β-unsaturated/α-hetero) is 1. The van der Waals surface area contributed by atoms with Crippen LogP contribution >= 0.6 is 27.5 Å². The van der Waals surface area contributed by atoms with Crippen molar-refractivity contribution in [3.63, 3.8) is 0 Å². The van der Waals surface area contributed by atoms with Crippen LogP contribution < -0.4 is 0 Å². The molecule has 0 aliphatic heterocycles. The van der Waals surface area contributed by atoms with Crippen LogP contribution in [-0.2, 0) is 19.4 Å². The van der Waals surface area contributed by atoms with Crippen molar-refractivity contribution in [3.8, 4) is 0 Å². The van der Waals surface area contributed by atoms with E-state index in [0.717, 1.165) is 28.8 Å². The van der Waals surface area contributed by atoms with Gasteiger partial charge in [-0.2, -0.15) is 5.10 Å². The number of halogens is 2. The molecule has 0 amide bonds. The topological polar surface area (TPSA) is 34.9 Å². The summed E-state index contributed by atoms with van der Waals surface area (Å²) in [7, 11) is 0. The van der Waals surface area contributed by atoms with Crippen LogP contribution in [0, 0.1) is 0 Å². The highest BCUT2D eigenvalue weighted by molar-refractivity contribution is 9.10. The second kappa shape index (κ2) is 6.55. The van der Waals surface area contributed by atoms with Crippen LogP contribution in [0.4, 0.5) is 0 Å². The molecular formula is C15H16BrClN2O. The normalized spacial score (nSPS) is 10.8. The average Bonchev–Trinajstić information content (AvgIpc) is 2.83. The van der Waals surface area contributed by atoms with Gasteiger partial charge in [0.25, 0.3) is 0 Å². The van der Waals surface area contributed by atoms with Gasteiger partial charge in [0, 0.05) is 27.3 Å². The number of benzene rings is 1. The SMILES string of the molecule is CCc1cc(CC(=O)c2cc(Cl)ccc2Br)n(CC)n1. The molecule has 0 radical (unpaired) electrons. The minimum Gasteiger partial charge on any atom is -0.294 e. The van der Waals surface area contributed by atoms with Gasteiger partial charge in [-0.1, -0.05) is 34.5 Å². The number of carbonyl (C=O) groups is 1. The Kier molecular flexibility index (Phi) is 5.00. The zero-order chi connectivity index (χ0) is 14.7. The summed E-state index contributed by atoms with van der Waals surface area (Å²) < 4.78 is 2.65. The summed E-state index contributed by atoms with van der Waals surface area (Å²) in [6, 6.07) is 7.25. The van der Waals surface area contributed by atoms with E-state index >= 15 is 0 Å². The number of hydrogen-bond acceptors (Lipinski definition) is 2. The molecule has 1 aromatic carbocycles. The molecule has 20 heavy (non-hydrogen) atoms. The van der Waals surface area contributed by atoms with Crippen molar-refractivity contribution in [1.82, 2.24) is 9.78 Å². The molecule has 0 spiro atoms. The molecular weight excluding hydrogens is 340 g/mol. The molecule has 3 nitrogen and oxygen atoms in total. The summed E-state index contributed by atoms with van der Waals surface area (Å²) in [5.41, 5.74) is 2.57. The summed E-state index contributed by atoms with van der Waals surface area (Å²) in [4.78, 5) is 12.4. The van der Waals surface area contributed by atoms with E-state index in [9.17, 15) is 4.79 Å². The number of carbonyl (C=O) groups excluding carboxylic acids is 1. The molecule has 1 heterocycles. The van der Waals surface area contributed by atoms with Crippen LogP contribution in [-0.4, -0.2) is 15.6 Å². The maximum absolute atomic E-state index is 12.4. The van der Waals surface area contributed by atoms with Gasteiger partial charge in [-0.05, 0) is 37.6 Å². The third-order valence-corrected chi connectivity index (χ3v) is 4.07. The highest BCUT2D eigenvalue weighted by Gasteiger charge is 2.15. The first-order chi connectivity index (χ1) is 9.55. The smallest absolute Gasteiger partial charge is 0.169 e. The van der Waals surface area contributed by atoms with Crippen LogP contribution in [0.2, 0.25) is 5.02 Å². The monoisotopic (exact) mass is 354 g/mol. The maximum Gasteiger partial charge on any atom is 0.169 e. The second-order valence-electron chi connectivity index (χ2n) is 4.52. The Morgan fingerprint density at radius 3 is 2.75 bits per heavy atom. The van der Waals surface area contributed by atoms with Crippen molar-refractivity contribution in [2.24, 2.45) is 0 Å². The summed E-state index contributed by atoms with van der Waals surface area (Å²) in [5, 5.41) is 5.03. The summed E-state index contributed by atoms with van der Waals surface area (Å²) in [6.07, 6.45) is 1.20. The highest BCUT2D eigenvalue weighted by Crippen LogP contribution is 2.23. The van der Waals surface area contributed by atoms with Crippen LogP contribution in [0.5, 0.6) is 0 Å². The van der Waals surface area contributed by atoms with Gasteiger partial charge < -0.3 is 0 Å². The summed E-state index contributed by atoms with van der Waals surface area (Å²) >= 11 is 9.36. The third-order valence-electron chi connectivity index (χ3n) is 3.15. The Labute approximate surface area is 132 Å². The van der Waals surface area contributed by atoms with Crippen LogP contribution in [0.15, 0.2) is 28.7 Å². The average molecular weight is 356 g/mol. The lowest BCUT2D eigenvalue weighted by Gasteiger charge is -2.06. The molecule has 0 atom stereocenters. The molecule has 106 valence electrons. The van der Waals surface area contributed by atoms with Gasteiger partial charge in [-0.15, -0.1) is 0 Å². The molecule has 0 bridgehead atoms. The van der Waals surface area contributed by atoms with Gasteiger partial charge in [0.2, 0.25) is 0 Å². The Bertz CT molecular complexity index is 637. The largest absolute Gasteiger partial charge is 0.294 e. The number of nitrogens with zero attached hydrogens (tertiary/aromatic N) is 2. The van der Waals surface area contributed by atoms with E-state index in [4.69, 9.17) is 11.6 Å². The molecule has 0 aliphatic carbocycles. The second-order valence-corrected chi connectivity index (χ2v) is 5.81. The Morgan fingerprint density at radius 2 is 2.10 bits per heavy atom. The molecule has 2 rings (SSSR count). The van der Waals surface area contributed by atoms with Gasteiger partial charge in [-0.25, -0.2) is 0 Å². The van der Waals surface area contributed by atoms with E-state index in [-0.39, 0.29) is 5.78 Å². The molecule has 0 saturated heterocycles. The van der Waals surface area contributed by atoms with E-state index in [0.29, 0.717) is 17.0 Å². The van der Waals surface area contributed by atoms with E-state index in [1.807, 2.05) is 17.7 Å². The Hall–Kier alpha value is -1.13. The molecule has 1 aromatic heterocycles. The quantitative estimate of drug-likeness (QED) is 0.749. The zero-order valence-corrected chi connectivity index (χ0v) is 13.8. The fourth-order valence-corrected chi connectivity index (χ4v) is 2.71. The first kappa shape index (κ1) is 15.3. The van der Waals surface area contributed by atoms with Crippen LogP contribution in [0.3, 0.4) is 0 Å². The van der Waals surface area contributed by atoms with Crippen molar-refractivity contribution in [3.05, 3.63) is 50.7 Å². The van der Waals surface area contributed by atoms with Crippen molar-refractivity contribution in [2.75, 3.05) is 0 Å². The van der Waals surface area contributed by atoms with Crippen LogP contribution in [0.1, 0.15) is 35.6 Å². The number of aryl methyl sites for hydroxylation is 2. The van der Waals surface area contributed by atoms with E-state index in [2.05, 4.69) is 28.0 Å². The van der Waals surface area contributed by atoms with Crippen molar-refractivity contribution in [2.45, 2.75) is 33.2 Å². The van der Waals surface area contributed by atoms with Crippen LogP contribution in [0.25, 0.3) is 0 Å². The fourth-order valence-electron chi connectivity index (χ4n) is 2.07. The lowest BCUT2D eigenvalue weighted by Crippen LogP contribution is -2.10. The Morgan fingerprint density at radius 1 is 1.35 bits per heavy atom. The van der Waals surface area contributed by atoms with E-state index in [1.54, 1.807) is 18.2 Å². The van der Waals surface area contributed by atoms with E-state index < -0.39 is 0 Å². The number of aromatic nitrogens is 2. The van der Waals surface area contributed by atoms with Gasteiger partial charge in [0.1, 0.15) is 0 Å². The lowest BCUT2D eigenvalue weighted by molar-refractivity contribution is 0.0990. The Balaban J connectivity index is 2.27. The lowest BCUT2D eigenvalue weighted by atomic mass is 10.1. The number of ketones is 1. The number of rotatable bonds is 5. The van der Waals surface area contributed by atoms with Crippen molar-refractivity contribution < 1.29 is 4.79 Å². The summed E-state index contributed by atoms with van der Waals surface area (Å²) in [6.45, 7) is 4.84. The number of hydrogen-bond donors (Lipinski definition) is 0. The first-order valence-corrected chi connectivity index (χ1v) is 7.76. The molecule has 0 fully saturated rings.